The molecule has 0 saturated heterocycles. The molecule has 1 aliphatic rings. The van der Waals surface area contributed by atoms with E-state index in [1.165, 1.54) is 13.1 Å². The predicted molar refractivity (Wildman–Crippen MR) is 58.0 cm³/mol. The summed E-state index contributed by atoms with van der Waals surface area (Å²) in [4.78, 5) is 23.1. The molecule has 14 heavy (non-hydrogen) atoms. The monoisotopic (exact) mass is 209 g/mol. The van der Waals surface area contributed by atoms with Crippen LogP contribution >= 0.6 is 12.6 Å². The van der Waals surface area contributed by atoms with Gasteiger partial charge in [-0.2, -0.15) is 0 Å². The minimum Gasteiger partial charge on any atom is -0.355 e. The fourth-order valence-corrected chi connectivity index (χ4v) is 1.37. The lowest BCUT2D eigenvalue weighted by molar-refractivity contribution is -0.120. The van der Waals surface area contributed by atoms with Crippen LogP contribution in [0, 0.1) is 0 Å². The highest BCUT2D eigenvalue weighted by Gasteiger charge is 2.25. The van der Waals surface area contributed by atoms with Crippen molar-refractivity contribution in [1.29, 1.82) is 0 Å². The maximum atomic E-state index is 11.6. The fourth-order valence-electron chi connectivity index (χ4n) is 1.10. The summed E-state index contributed by atoms with van der Waals surface area (Å²) in [6.07, 6.45) is 1.48. The molecule has 3 nitrogen and oxygen atoms in total. The van der Waals surface area contributed by atoms with Gasteiger partial charge >= 0.3 is 0 Å². The van der Waals surface area contributed by atoms with Crippen molar-refractivity contribution in [3.63, 3.8) is 0 Å². The summed E-state index contributed by atoms with van der Waals surface area (Å²) in [6, 6.07) is 0. The van der Waals surface area contributed by atoms with E-state index in [1.807, 2.05) is 0 Å². The van der Waals surface area contributed by atoms with Crippen LogP contribution in [0.25, 0.3) is 0 Å². The van der Waals surface area contributed by atoms with Crippen LogP contribution in [-0.2, 0) is 9.59 Å². The number of thiol groups is 1. The van der Waals surface area contributed by atoms with Gasteiger partial charge in [0.15, 0.2) is 0 Å². The molecule has 0 heterocycles. The van der Waals surface area contributed by atoms with E-state index < -0.39 is 5.91 Å². The number of hydrogen-bond acceptors (Lipinski definition) is 3. The predicted octanol–water partition coefficient (Wildman–Crippen LogP) is 1.00. The summed E-state index contributed by atoms with van der Waals surface area (Å²) < 4.78 is 0. The van der Waals surface area contributed by atoms with Gasteiger partial charge in [-0.05, 0) is 24.1 Å². The summed E-state index contributed by atoms with van der Waals surface area (Å²) in [5.41, 5.74) is 1.45. The van der Waals surface area contributed by atoms with Crippen molar-refractivity contribution < 1.29 is 9.59 Å². The SMILES string of the molecule is C=C1C=C(C(=O)NC)C(=O)C(S)=C1C. The third-order valence-corrected chi connectivity index (χ3v) is 2.63. The molecule has 0 bridgehead atoms. The molecule has 0 radical (unpaired) electrons. The van der Waals surface area contributed by atoms with Gasteiger partial charge in [-0.1, -0.05) is 6.58 Å². The van der Waals surface area contributed by atoms with Crippen LogP contribution in [0.3, 0.4) is 0 Å². The number of likely N-dealkylation sites (N-methyl/N-ethyl adjacent to an activating group) is 1. The van der Waals surface area contributed by atoms with Gasteiger partial charge in [0.05, 0.1) is 10.5 Å². The van der Waals surface area contributed by atoms with E-state index in [2.05, 4.69) is 24.5 Å². The Balaban J connectivity index is 3.16. The molecule has 0 saturated carbocycles. The number of carbonyl (C=O) groups excluding carboxylic acids is 2. The first-order valence-electron chi connectivity index (χ1n) is 4.06. The number of amides is 1. The van der Waals surface area contributed by atoms with Crippen LogP contribution in [0.4, 0.5) is 0 Å². The van der Waals surface area contributed by atoms with Gasteiger partial charge in [0.25, 0.3) is 5.91 Å². The average molecular weight is 209 g/mol. The molecule has 1 rings (SSSR count). The van der Waals surface area contributed by atoms with Crippen molar-refractivity contribution in [1.82, 2.24) is 5.32 Å². The van der Waals surface area contributed by atoms with Crippen LogP contribution in [0.5, 0.6) is 0 Å². The van der Waals surface area contributed by atoms with E-state index in [1.54, 1.807) is 6.92 Å². The zero-order chi connectivity index (χ0) is 10.9. The van der Waals surface area contributed by atoms with Gasteiger partial charge in [-0.15, -0.1) is 12.6 Å². The van der Waals surface area contributed by atoms with Crippen LogP contribution in [0.2, 0.25) is 0 Å². The summed E-state index contributed by atoms with van der Waals surface area (Å²) in [5.74, 6) is -0.757. The number of hydrogen-bond donors (Lipinski definition) is 2. The smallest absolute Gasteiger partial charge is 0.255 e. The molecule has 0 unspecified atom stereocenters. The van der Waals surface area contributed by atoms with Crippen LogP contribution in [0.15, 0.2) is 34.3 Å². The summed E-state index contributed by atoms with van der Waals surface area (Å²) in [7, 11) is 1.47. The number of nitrogens with one attached hydrogen (secondary N) is 1. The minimum atomic E-state index is -0.407. The molecular weight excluding hydrogens is 198 g/mol. The van der Waals surface area contributed by atoms with Crippen LogP contribution in [-0.4, -0.2) is 18.7 Å². The van der Waals surface area contributed by atoms with E-state index >= 15 is 0 Å². The highest BCUT2D eigenvalue weighted by Crippen LogP contribution is 2.26. The Bertz CT molecular complexity index is 391. The minimum absolute atomic E-state index is 0.0908. The zero-order valence-corrected chi connectivity index (χ0v) is 8.94. The fraction of sp³-hybridized carbons (Fsp3) is 0.200. The summed E-state index contributed by atoms with van der Waals surface area (Å²) in [6.45, 7) is 5.48. The van der Waals surface area contributed by atoms with E-state index in [-0.39, 0.29) is 16.3 Å². The molecule has 1 aliphatic carbocycles. The average Bonchev–Trinajstić information content (AvgIpc) is 2.19. The lowest BCUT2D eigenvalue weighted by Gasteiger charge is -2.14. The number of carbonyl (C=O) groups is 2. The molecule has 0 aromatic carbocycles. The first kappa shape index (κ1) is 10.8. The highest BCUT2D eigenvalue weighted by atomic mass is 32.1. The van der Waals surface area contributed by atoms with Crippen molar-refractivity contribution in [3.8, 4) is 0 Å². The Kier molecular flexibility index (Phi) is 2.96. The van der Waals surface area contributed by atoms with Gasteiger partial charge in [-0.25, -0.2) is 0 Å². The standard InChI is InChI=1S/C10H11NO2S/c1-5-4-7(10(13)11-3)8(12)9(14)6(5)2/h4,14H,1H2,2-3H3,(H,11,13). The summed E-state index contributed by atoms with van der Waals surface area (Å²) in [5, 5.41) is 2.40. The molecule has 0 atom stereocenters. The van der Waals surface area contributed by atoms with E-state index in [0.29, 0.717) is 11.1 Å². The van der Waals surface area contributed by atoms with Gasteiger partial charge in [0.2, 0.25) is 5.78 Å². The van der Waals surface area contributed by atoms with Crippen molar-refractivity contribution in [2.24, 2.45) is 0 Å². The highest BCUT2D eigenvalue weighted by molar-refractivity contribution is 7.85. The van der Waals surface area contributed by atoms with Gasteiger partial charge in [0.1, 0.15) is 0 Å². The second kappa shape index (κ2) is 3.84. The molecule has 0 fully saturated rings. The Morgan fingerprint density at radius 2 is 2.14 bits per heavy atom. The third-order valence-electron chi connectivity index (χ3n) is 2.09. The Morgan fingerprint density at radius 1 is 1.57 bits per heavy atom. The van der Waals surface area contributed by atoms with E-state index in [9.17, 15) is 9.59 Å². The van der Waals surface area contributed by atoms with Crippen LogP contribution in [0.1, 0.15) is 6.92 Å². The lowest BCUT2D eigenvalue weighted by atomic mass is 9.95. The maximum absolute atomic E-state index is 11.6. The number of Topliss-reactive ketones (excluding diaryl/α,β-unsaturated/α-hetero) is 1. The quantitative estimate of drug-likeness (QED) is 0.500. The lowest BCUT2D eigenvalue weighted by Crippen LogP contribution is -2.27. The third kappa shape index (κ3) is 1.65. The Labute approximate surface area is 88.0 Å². The number of allylic oxidation sites excluding steroid dienone is 4. The topological polar surface area (TPSA) is 46.2 Å². The number of ketones is 1. The van der Waals surface area contributed by atoms with Crippen molar-refractivity contribution in [3.05, 3.63) is 34.3 Å². The van der Waals surface area contributed by atoms with Gasteiger partial charge in [0, 0.05) is 7.05 Å². The molecule has 0 aromatic rings. The second-order valence-corrected chi connectivity index (χ2v) is 3.41. The second-order valence-electron chi connectivity index (χ2n) is 2.97. The first-order valence-corrected chi connectivity index (χ1v) is 4.51. The van der Waals surface area contributed by atoms with Crippen molar-refractivity contribution in [2.45, 2.75) is 6.92 Å². The molecule has 0 aliphatic heterocycles. The molecule has 1 amide bonds. The van der Waals surface area contributed by atoms with Crippen molar-refractivity contribution in [2.75, 3.05) is 7.05 Å². The van der Waals surface area contributed by atoms with E-state index in [0.717, 1.165) is 0 Å². The van der Waals surface area contributed by atoms with Gasteiger partial charge in [-0.3, -0.25) is 9.59 Å². The first-order chi connectivity index (χ1) is 6.49. The zero-order valence-electron chi connectivity index (χ0n) is 8.05. The van der Waals surface area contributed by atoms with Crippen molar-refractivity contribution >= 4 is 24.3 Å². The maximum Gasteiger partial charge on any atom is 0.255 e. The number of rotatable bonds is 1. The largest absolute Gasteiger partial charge is 0.355 e. The normalized spacial score (nSPS) is 16.9. The van der Waals surface area contributed by atoms with E-state index in [4.69, 9.17) is 0 Å². The molecule has 74 valence electrons. The summed E-state index contributed by atoms with van der Waals surface area (Å²) >= 11 is 4.05. The molecule has 0 aromatic heterocycles. The molecule has 1 N–H and O–H groups in total. The molecule has 0 spiro atoms. The Morgan fingerprint density at radius 3 is 2.64 bits per heavy atom. The van der Waals surface area contributed by atoms with Crippen LogP contribution < -0.4 is 5.32 Å². The molecular formula is C10H11NO2S. The molecule has 4 heteroatoms. The van der Waals surface area contributed by atoms with Gasteiger partial charge < -0.3 is 5.32 Å². The Hall–Kier alpha value is -1.29.